The summed E-state index contributed by atoms with van der Waals surface area (Å²) in [6, 6.07) is 9.33. The molecule has 1 aromatic carbocycles. The highest BCUT2D eigenvalue weighted by Gasteiger charge is 2.29. The van der Waals surface area contributed by atoms with Crippen LogP contribution in [0.15, 0.2) is 24.3 Å². The number of benzene rings is 1. The van der Waals surface area contributed by atoms with E-state index in [4.69, 9.17) is 0 Å². The lowest BCUT2D eigenvalue weighted by Crippen LogP contribution is -2.44. The van der Waals surface area contributed by atoms with Crippen molar-refractivity contribution >= 4 is 5.69 Å². The van der Waals surface area contributed by atoms with Crippen LogP contribution in [-0.4, -0.2) is 30.6 Å². The number of hydrogen-bond acceptors (Lipinski definition) is 2. The van der Waals surface area contributed by atoms with Gasteiger partial charge in [0.05, 0.1) is 0 Å². The van der Waals surface area contributed by atoms with Gasteiger partial charge in [-0.25, -0.2) is 0 Å². The van der Waals surface area contributed by atoms with E-state index in [0.717, 1.165) is 0 Å². The molecule has 0 amide bonds. The molecule has 1 N–H and O–H groups in total. The lowest BCUT2D eigenvalue weighted by Gasteiger charge is -2.39. The van der Waals surface area contributed by atoms with Crippen molar-refractivity contribution in [1.29, 1.82) is 0 Å². The Morgan fingerprint density at radius 1 is 1.33 bits per heavy atom. The minimum absolute atomic E-state index is 0.504. The Morgan fingerprint density at radius 2 is 2.17 bits per heavy atom. The Hall–Kier alpha value is -1.02. The third kappa shape index (κ3) is 2.54. The molecule has 2 aliphatic heterocycles. The largest absolute Gasteiger partial charge is 0.380 e. The van der Waals surface area contributed by atoms with Crippen molar-refractivity contribution in [1.82, 2.24) is 4.90 Å². The second-order valence-corrected chi connectivity index (χ2v) is 6.71. The Morgan fingerprint density at radius 3 is 2.94 bits per heavy atom. The normalized spacial score (nSPS) is 26.7. The average Bonchev–Trinajstić information content (AvgIpc) is 2.69. The molecule has 0 radical (unpaired) electrons. The first-order valence-electron chi connectivity index (χ1n) is 7.19. The van der Waals surface area contributed by atoms with Crippen molar-refractivity contribution in [2.45, 2.75) is 39.2 Å². The summed E-state index contributed by atoms with van der Waals surface area (Å²) >= 11 is 0. The van der Waals surface area contributed by atoms with Gasteiger partial charge in [-0.3, -0.25) is 0 Å². The zero-order valence-electron chi connectivity index (χ0n) is 11.6. The van der Waals surface area contributed by atoms with Gasteiger partial charge in [0.15, 0.2) is 0 Å². The summed E-state index contributed by atoms with van der Waals surface area (Å²) in [5, 5.41) is 3.67. The van der Waals surface area contributed by atoms with E-state index in [2.05, 4.69) is 48.3 Å². The summed E-state index contributed by atoms with van der Waals surface area (Å²) in [4.78, 5) is 2.65. The molecular formula is C16H24N2. The van der Waals surface area contributed by atoms with Gasteiger partial charge in [-0.05, 0) is 42.9 Å². The summed E-state index contributed by atoms with van der Waals surface area (Å²) in [6.45, 7) is 8.52. The molecule has 2 aliphatic rings. The first-order valence-corrected chi connectivity index (χ1v) is 7.19. The van der Waals surface area contributed by atoms with Crippen LogP contribution in [0.2, 0.25) is 0 Å². The molecular weight excluding hydrogens is 220 g/mol. The van der Waals surface area contributed by atoms with Crippen molar-refractivity contribution < 1.29 is 0 Å². The number of likely N-dealkylation sites (tertiary alicyclic amines) is 1. The zero-order valence-corrected chi connectivity index (χ0v) is 11.6. The van der Waals surface area contributed by atoms with E-state index in [-0.39, 0.29) is 0 Å². The van der Waals surface area contributed by atoms with Crippen LogP contribution in [0.1, 0.15) is 32.3 Å². The summed E-state index contributed by atoms with van der Waals surface area (Å²) in [7, 11) is 0. The molecule has 1 atom stereocenters. The third-order valence-electron chi connectivity index (χ3n) is 4.30. The van der Waals surface area contributed by atoms with Crippen LogP contribution in [0.4, 0.5) is 5.69 Å². The van der Waals surface area contributed by atoms with Crippen LogP contribution in [0.3, 0.4) is 0 Å². The molecule has 0 saturated carbocycles. The number of fused-ring (bicyclic) bond motifs is 1. The summed E-state index contributed by atoms with van der Waals surface area (Å²) in [6.07, 6.45) is 3.92. The van der Waals surface area contributed by atoms with E-state index in [9.17, 15) is 0 Å². The van der Waals surface area contributed by atoms with Crippen LogP contribution < -0.4 is 5.32 Å². The van der Waals surface area contributed by atoms with Crippen molar-refractivity contribution in [2.75, 3.05) is 25.0 Å². The molecule has 18 heavy (non-hydrogen) atoms. The quantitative estimate of drug-likeness (QED) is 0.860. The predicted molar refractivity (Wildman–Crippen MR) is 77.0 cm³/mol. The molecule has 1 aromatic rings. The van der Waals surface area contributed by atoms with Gasteiger partial charge in [0.25, 0.3) is 0 Å². The fourth-order valence-electron chi connectivity index (χ4n) is 3.50. The predicted octanol–water partition coefficient (Wildman–Crippen LogP) is 3.15. The van der Waals surface area contributed by atoms with Crippen molar-refractivity contribution in [3.05, 3.63) is 29.8 Å². The second-order valence-electron chi connectivity index (χ2n) is 6.71. The van der Waals surface area contributed by atoms with Gasteiger partial charge in [-0.2, -0.15) is 0 Å². The Bertz CT molecular complexity index is 400. The number of hydrogen-bond donors (Lipinski definition) is 1. The molecule has 98 valence electrons. The van der Waals surface area contributed by atoms with Crippen molar-refractivity contribution in [3.8, 4) is 0 Å². The smallest absolute Gasteiger partial charge is 0.0429 e. The minimum Gasteiger partial charge on any atom is -0.380 e. The number of nitrogens with one attached hydrogen (secondary N) is 1. The van der Waals surface area contributed by atoms with Crippen LogP contribution in [0.5, 0.6) is 0 Å². The molecule has 2 nitrogen and oxygen atoms in total. The van der Waals surface area contributed by atoms with E-state index in [1.165, 1.54) is 50.1 Å². The van der Waals surface area contributed by atoms with Gasteiger partial charge < -0.3 is 10.2 Å². The Kier molecular flexibility index (Phi) is 3.06. The zero-order chi connectivity index (χ0) is 12.6. The maximum absolute atomic E-state index is 3.67. The Labute approximate surface area is 110 Å². The fraction of sp³-hybridized carbons (Fsp3) is 0.625. The van der Waals surface area contributed by atoms with Gasteiger partial charge in [-0.15, -0.1) is 0 Å². The standard InChI is InChI=1S/C16H24N2/c1-16(2)8-5-9-18(12-16)11-14-10-13-6-3-4-7-15(13)17-14/h3-4,6-7,14,17H,5,8-12H2,1-2H3. The second kappa shape index (κ2) is 4.58. The highest BCUT2D eigenvalue weighted by atomic mass is 15.2. The van der Waals surface area contributed by atoms with E-state index < -0.39 is 0 Å². The summed E-state index contributed by atoms with van der Waals surface area (Å²) < 4.78 is 0. The molecule has 0 aromatic heterocycles. The van der Waals surface area contributed by atoms with E-state index in [0.29, 0.717) is 11.5 Å². The SMILES string of the molecule is CC1(C)CCCN(CC2Cc3ccccc3N2)C1. The van der Waals surface area contributed by atoms with E-state index >= 15 is 0 Å². The van der Waals surface area contributed by atoms with Crippen LogP contribution in [0.25, 0.3) is 0 Å². The van der Waals surface area contributed by atoms with E-state index in [1.807, 2.05) is 0 Å². The lowest BCUT2D eigenvalue weighted by atomic mass is 9.84. The van der Waals surface area contributed by atoms with Gasteiger partial charge in [-0.1, -0.05) is 32.0 Å². The molecule has 0 spiro atoms. The number of nitrogens with zero attached hydrogens (tertiary/aromatic N) is 1. The van der Waals surface area contributed by atoms with Gasteiger partial charge >= 0.3 is 0 Å². The molecule has 2 heteroatoms. The number of para-hydroxylation sites is 1. The number of piperidine rings is 1. The van der Waals surface area contributed by atoms with Crippen LogP contribution in [-0.2, 0) is 6.42 Å². The monoisotopic (exact) mass is 244 g/mol. The highest BCUT2D eigenvalue weighted by Crippen LogP contribution is 2.30. The third-order valence-corrected chi connectivity index (χ3v) is 4.30. The highest BCUT2D eigenvalue weighted by molar-refractivity contribution is 5.56. The maximum Gasteiger partial charge on any atom is 0.0429 e. The number of anilines is 1. The molecule has 1 saturated heterocycles. The molecule has 3 rings (SSSR count). The molecule has 1 fully saturated rings. The van der Waals surface area contributed by atoms with Gasteiger partial charge in [0.2, 0.25) is 0 Å². The fourth-order valence-corrected chi connectivity index (χ4v) is 3.50. The minimum atomic E-state index is 0.504. The average molecular weight is 244 g/mol. The Balaban J connectivity index is 1.59. The summed E-state index contributed by atoms with van der Waals surface area (Å²) in [5.74, 6) is 0. The topological polar surface area (TPSA) is 15.3 Å². The van der Waals surface area contributed by atoms with Gasteiger partial charge in [0.1, 0.15) is 0 Å². The molecule has 2 heterocycles. The van der Waals surface area contributed by atoms with Gasteiger partial charge in [0, 0.05) is 24.8 Å². The van der Waals surface area contributed by atoms with E-state index in [1.54, 1.807) is 0 Å². The summed E-state index contributed by atoms with van der Waals surface area (Å²) in [5.41, 5.74) is 3.33. The molecule has 0 bridgehead atoms. The van der Waals surface area contributed by atoms with Crippen LogP contribution >= 0.6 is 0 Å². The lowest BCUT2D eigenvalue weighted by molar-refractivity contribution is 0.114. The molecule has 0 aliphatic carbocycles. The molecule has 1 unspecified atom stereocenters. The first-order chi connectivity index (χ1) is 8.62. The van der Waals surface area contributed by atoms with Crippen molar-refractivity contribution in [3.63, 3.8) is 0 Å². The van der Waals surface area contributed by atoms with Crippen LogP contribution in [0, 0.1) is 5.41 Å². The van der Waals surface area contributed by atoms with Crippen molar-refractivity contribution in [2.24, 2.45) is 5.41 Å². The maximum atomic E-state index is 3.67. The number of rotatable bonds is 2. The first kappa shape index (κ1) is 12.0.